The van der Waals surface area contributed by atoms with Crippen LogP contribution < -0.4 is 10.5 Å². The van der Waals surface area contributed by atoms with Crippen molar-refractivity contribution in [3.63, 3.8) is 0 Å². The van der Waals surface area contributed by atoms with Crippen LogP contribution in [0.15, 0.2) is 24.3 Å². The number of halogens is 1. The zero-order valence-electron chi connectivity index (χ0n) is 12.3. The summed E-state index contributed by atoms with van der Waals surface area (Å²) in [5, 5.41) is 0. The van der Waals surface area contributed by atoms with Gasteiger partial charge in [0.25, 0.3) is 10.2 Å². The highest BCUT2D eigenvalue weighted by Gasteiger charge is 2.25. The first-order valence-corrected chi connectivity index (χ1v) is 8.50. The SMILES string of the molecule is CC1CCN(S(=O)(=O)NCCc2ccc(N)cc2)CC1.Cl. The van der Waals surface area contributed by atoms with E-state index >= 15 is 0 Å². The van der Waals surface area contributed by atoms with Gasteiger partial charge in [-0.3, -0.25) is 0 Å². The number of benzene rings is 1. The van der Waals surface area contributed by atoms with Crippen LogP contribution in [0, 0.1) is 5.92 Å². The van der Waals surface area contributed by atoms with E-state index in [0.29, 0.717) is 32.0 Å². The van der Waals surface area contributed by atoms with E-state index in [-0.39, 0.29) is 12.4 Å². The van der Waals surface area contributed by atoms with Crippen molar-refractivity contribution in [1.29, 1.82) is 0 Å². The topological polar surface area (TPSA) is 75.4 Å². The Morgan fingerprint density at radius 2 is 1.81 bits per heavy atom. The molecule has 1 saturated heterocycles. The number of hydrogen-bond donors (Lipinski definition) is 2. The van der Waals surface area contributed by atoms with Gasteiger partial charge in [0, 0.05) is 25.3 Å². The molecule has 1 fully saturated rings. The van der Waals surface area contributed by atoms with Gasteiger partial charge in [0.1, 0.15) is 0 Å². The van der Waals surface area contributed by atoms with Crippen molar-refractivity contribution in [3.05, 3.63) is 29.8 Å². The molecule has 0 bridgehead atoms. The molecule has 1 aromatic rings. The molecule has 0 saturated carbocycles. The molecule has 0 unspecified atom stereocenters. The van der Waals surface area contributed by atoms with E-state index in [9.17, 15) is 8.42 Å². The summed E-state index contributed by atoms with van der Waals surface area (Å²) >= 11 is 0. The predicted molar refractivity (Wildman–Crippen MR) is 88.7 cm³/mol. The van der Waals surface area contributed by atoms with Crippen LogP contribution in [0.3, 0.4) is 0 Å². The molecule has 7 heteroatoms. The second kappa shape index (κ2) is 7.98. The molecule has 3 N–H and O–H groups in total. The van der Waals surface area contributed by atoms with Crippen molar-refractivity contribution in [2.75, 3.05) is 25.4 Å². The fourth-order valence-corrected chi connectivity index (χ4v) is 3.56. The van der Waals surface area contributed by atoms with E-state index in [1.165, 1.54) is 0 Å². The number of nitrogen functional groups attached to an aromatic ring is 1. The van der Waals surface area contributed by atoms with E-state index in [0.717, 1.165) is 24.1 Å². The van der Waals surface area contributed by atoms with Gasteiger partial charge in [0.05, 0.1) is 0 Å². The largest absolute Gasteiger partial charge is 0.399 e. The molecule has 1 heterocycles. The molecule has 0 amide bonds. The number of rotatable bonds is 5. The minimum absolute atomic E-state index is 0. The molecule has 0 aliphatic carbocycles. The van der Waals surface area contributed by atoms with Gasteiger partial charge in [-0.05, 0) is 42.9 Å². The standard InChI is InChI=1S/C14H23N3O2S.ClH/c1-12-7-10-17(11-8-12)20(18,19)16-9-6-13-2-4-14(15)5-3-13;/h2-5,12,16H,6-11,15H2,1H3;1H. The van der Waals surface area contributed by atoms with E-state index in [1.54, 1.807) is 4.31 Å². The first-order valence-electron chi connectivity index (χ1n) is 7.06. The summed E-state index contributed by atoms with van der Waals surface area (Å²) in [4.78, 5) is 0. The molecule has 0 atom stereocenters. The molecular weight excluding hydrogens is 310 g/mol. The van der Waals surface area contributed by atoms with Crippen molar-refractivity contribution in [3.8, 4) is 0 Å². The third kappa shape index (κ3) is 5.47. The highest BCUT2D eigenvalue weighted by Crippen LogP contribution is 2.17. The Balaban J connectivity index is 0.00000220. The van der Waals surface area contributed by atoms with Crippen LogP contribution in [0.25, 0.3) is 0 Å². The number of nitrogens with one attached hydrogen (secondary N) is 1. The molecule has 0 aromatic heterocycles. The second-order valence-electron chi connectivity index (χ2n) is 5.47. The zero-order chi connectivity index (χ0) is 14.6. The van der Waals surface area contributed by atoms with Crippen LogP contribution in [0.5, 0.6) is 0 Å². The third-order valence-electron chi connectivity index (χ3n) is 3.76. The Morgan fingerprint density at radius 3 is 2.38 bits per heavy atom. The first kappa shape index (κ1) is 18.2. The molecule has 120 valence electrons. The third-order valence-corrected chi connectivity index (χ3v) is 5.37. The Labute approximate surface area is 133 Å². The minimum atomic E-state index is -3.33. The van der Waals surface area contributed by atoms with Gasteiger partial charge in [0.2, 0.25) is 0 Å². The van der Waals surface area contributed by atoms with E-state index in [4.69, 9.17) is 5.73 Å². The summed E-state index contributed by atoms with van der Waals surface area (Å²) in [6.07, 6.45) is 2.56. The normalized spacial score (nSPS) is 17.4. The smallest absolute Gasteiger partial charge is 0.279 e. The highest BCUT2D eigenvalue weighted by molar-refractivity contribution is 7.87. The fraction of sp³-hybridized carbons (Fsp3) is 0.571. The molecule has 1 aromatic carbocycles. The van der Waals surface area contributed by atoms with Gasteiger partial charge in [-0.2, -0.15) is 12.7 Å². The maximum atomic E-state index is 12.1. The number of nitrogens with two attached hydrogens (primary N) is 1. The van der Waals surface area contributed by atoms with Gasteiger partial charge in [-0.15, -0.1) is 12.4 Å². The fourth-order valence-electron chi connectivity index (χ4n) is 2.33. The first-order chi connectivity index (χ1) is 9.47. The van der Waals surface area contributed by atoms with Crippen molar-refractivity contribution in [1.82, 2.24) is 9.03 Å². The molecule has 0 radical (unpaired) electrons. The maximum Gasteiger partial charge on any atom is 0.279 e. The lowest BCUT2D eigenvalue weighted by atomic mass is 10.0. The van der Waals surface area contributed by atoms with E-state index < -0.39 is 10.2 Å². The molecule has 2 rings (SSSR count). The number of anilines is 1. The molecule has 0 spiro atoms. The van der Waals surface area contributed by atoms with Crippen LogP contribution >= 0.6 is 12.4 Å². The Morgan fingerprint density at radius 1 is 1.24 bits per heavy atom. The Bertz CT molecular complexity index is 526. The summed E-state index contributed by atoms with van der Waals surface area (Å²) in [5.41, 5.74) is 7.41. The maximum absolute atomic E-state index is 12.1. The van der Waals surface area contributed by atoms with Gasteiger partial charge in [-0.1, -0.05) is 19.1 Å². The van der Waals surface area contributed by atoms with Crippen LogP contribution in [-0.4, -0.2) is 32.4 Å². The number of piperidine rings is 1. The van der Waals surface area contributed by atoms with Gasteiger partial charge in [-0.25, -0.2) is 4.72 Å². The summed E-state index contributed by atoms with van der Waals surface area (Å²) in [6, 6.07) is 7.50. The average molecular weight is 334 g/mol. The summed E-state index contributed by atoms with van der Waals surface area (Å²) in [6.45, 7) is 3.83. The lowest BCUT2D eigenvalue weighted by Crippen LogP contribution is -2.45. The molecule has 1 aliphatic rings. The van der Waals surface area contributed by atoms with Crippen LogP contribution in [0.2, 0.25) is 0 Å². The predicted octanol–water partition coefficient (Wildman–Crippen LogP) is 1.80. The van der Waals surface area contributed by atoms with Gasteiger partial charge < -0.3 is 5.73 Å². The van der Waals surface area contributed by atoms with Crippen LogP contribution in [-0.2, 0) is 16.6 Å². The average Bonchev–Trinajstić information content (AvgIpc) is 2.41. The Kier molecular flexibility index (Phi) is 6.93. The van der Waals surface area contributed by atoms with Crippen LogP contribution in [0.4, 0.5) is 5.69 Å². The van der Waals surface area contributed by atoms with Crippen molar-refractivity contribution in [2.24, 2.45) is 5.92 Å². The Hall–Kier alpha value is -0.820. The lowest BCUT2D eigenvalue weighted by Gasteiger charge is -2.29. The minimum Gasteiger partial charge on any atom is -0.399 e. The van der Waals surface area contributed by atoms with Crippen molar-refractivity contribution >= 4 is 28.3 Å². The number of nitrogens with zero attached hydrogens (tertiary/aromatic N) is 1. The molecule has 21 heavy (non-hydrogen) atoms. The van der Waals surface area contributed by atoms with Gasteiger partial charge >= 0.3 is 0 Å². The molecule has 5 nitrogen and oxygen atoms in total. The quantitative estimate of drug-likeness (QED) is 0.807. The molecule has 1 aliphatic heterocycles. The second-order valence-corrected chi connectivity index (χ2v) is 7.23. The van der Waals surface area contributed by atoms with E-state index in [1.807, 2.05) is 24.3 Å². The monoisotopic (exact) mass is 333 g/mol. The summed E-state index contributed by atoms with van der Waals surface area (Å²) in [5.74, 6) is 0.622. The van der Waals surface area contributed by atoms with Crippen molar-refractivity contribution in [2.45, 2.75) is 26.2 Å². The highest BCUT2D eigenvalue weighted by atomic mass is 35.5. The summed E-state index contributed by atoms with van der Waals surface area (Å²) < 4.78 is 28.5. The van der Waals surface area contributed by atoms with E-state index in [2.05, 4.69) is 11.6 Å². The number of hydrogen-bond acceptors (Lipinski definition) is 3. The van der Waals surface area contributed by atoms with Gasteiger partial charge in [0.15, 0.2) is 0 Å². The van der Waals surface area contributed by atoms with Crippen molar-refractivity contribution < 1.29 is 8.42 Å². The summed E-state index contributed by atoms with van der Waals surface area (Å²) in [7, 11) is -3.33. The zero-order valence-corrected chi connectivity index (χ0v) is 13.9. The molecular formula is C14H24ClN3O2S. The van der Waals surface area contributed by atoms with Crippen LogP contribution in [0.1, 0.15) is 25.3 Å². The lowest BCUT2D eigenvalue weighted by molar-refractivity contribution is 0.285.